The first-order valence-electron chi connectivity index (χ1n) is 12.3. The predicted molar refractivity (Wildman–Crippen MR) is 125 cm³/mol. The Balaban J connectivity index is 1.52. The number of aromatic nitrogens is 5. The number of aryl methyl sites for hydroxylation is 1. The second-order valence-electron chi connectivity index (χ2n) is 9.67. The standard InChI is InChI=1S/C25H34N6O/c1-3-23(24-27-28-29-31(24)21-10-6-7-11-21)30(20-8-4-5-9-20)16-19-15-18-14-17(2)12-13-22(18)26-25(19)32/h12-15,20-21,23H,3-11,16H2,1-2H3,(H,26,32). The van der Waals surface area contributed by atoms with Gasteiger partial charge < -0.3 is 4.98 Å². The minimum absolute atomic E-state index is 0.00888. The Morgan fingerprint density at radius 2 is 1.88 bits per heavy atom. The lowest BCUT2D eigenvalue weighted by Gasteiger charge is -2.35. The SMILES string of the molecule is CCC(c1nnnn1C1CCCC1)N(Cc1cc2cc(C)ccc2[nH]c1=O)C1CCCC1. The Kier molecular flexibility index (Phi) is 6.09. The summed E-state index contributed by atoms with van der Waals surface area (Å²) in [5, 5.41) is 14.1. The lowest BCUT2D eigenvalue weighted by atomic mass is 10.0. The Labute approximate surface area is 189 Å². The Morgan fingerprint density at radius 1 is 1.12 bits per heavy atom. The molecule has 2 heterocycles. The van der Waals surface area contributed by atoms with Gasteiger partial charge in [-0.15, -0.1) is 5.10 Å². The van der Waals surface area contributed by atoms with E-state index in [0.717, 1.165) is 41.6 Å². The van der Waals surface area contributed by atoms with E-state index in [0.29, 0.717) is 18.6 Å². The van der Waals surface area contributed by atoms with Crippen LogP contribution in [-0.4, -0.2) is 36.1 Å². The van der Waals surface area contributed by atoms with Crippen LogP contribution in [0.1, 0.15) is 93.7 Å². The molecule has 2 aliphatic rings. The summed E-state index contributed by atoms with van der Waals surface area (Å²) in [5.74, 6) is 0.972. The minimum Gasteiger partial charge on any atom is -0.322 e. The second-order valence-corrected chi connectivity index (χ2v) is 9.67. The van der Waals surface area contributed by atoms with Crippen molar-refractivity contribution in [3.63, 3.8) is 0 Å². The van der Waals surface area contributed by atoms with E-state index in [1.54, 1.807) is 0 Å². The molecule has 0 aliphatic heterocycles. The third kappa shape index (κ3) is 4.10. The number of pyridine rings is 1. The molecule has 1 atom stereocenters. The lowest BCUT2D eigenvalue weighted by molar-refractivity contribution is 0.110. The first-order chi connectivity index (χ1) is 15.6. The Morgan fingerprint density at radius 3 is 2.62 bits per heavy atom. The quantitative estimate of drug-likeness (QED) is 0.576. The van der Waals surface area contributed by atoms with Gasteiger partial charge in [-0.3, -0.25) is 9.69 Å². The highest BCUT2D eigenvalue weighted by Crippen LogP contribution is 2.36. The van der Waals surface area contributed by atoms with Crippen LogP contribution in [0, 0.1) is 6.92 Å². The average Bonchev–Trinajstić information content (AvgIpc) is 3.55. The summed E-state index contributed by atoms with van der Waals surface area (Å²) in [6, 6.07) is 9.24. The van der Waals surface area contributed by atoms with Crippen LogP contribution in [0.2, 0.25) is 0 Å². The maximum absolute atomic E-state index is 13.0. The zero-order valence-corrected chi connectivity index (χ0v) is 19.3. The van der Waals surface area contributed by atoms with Crippen LogP contribution < -0.4 is 5.56 Å². The van der Waals surface area contributed by atoms with Gasteiger partial charge >= 0.3 is 0 Å². The van der Waals surface area contributed by atoms with Crippen molar-refractivity contribution in [2.75, 3.05) is 0 Å². The molecule has 2 aliphatic carbocycles. The van der Waals surface area contributed by atoms with E-state index in [1.807, 2.05) is 12.1 Å². The number of benzene rings is 1. The van der Waals surface area contributed by atoms with E-state index >= 15 is 0 Å². The van der Waals surface area contributed by atoms with Crippen molar-refractivity contribution < 1.29 is 0 Å². The number of fused-ring (bicyclic) bond motifs is 1. The molecule has 2 aromatic heterocycles. The first-order valence-corrected chi connectivity index (χ1v) is 12.3. The van der Waals surface area contributed by atoms with Crippen molar-refractivity contribution in [3.8, 4) is 0 Å². The van der Waals surface area contributed by atoms with Crippen molar-refractivity contribution in [2.45, 2.75) is 96.3 Å². The number of nitrogens with zero attached hydrogens (tertiary/aromatic N) is 5. The van der Waals surface area contributed by atoms with Gasteiger partial charge in [-0.1, -0.05) is 44.2 Å². The summed E-state index contributed by atoms with van der Waals surface area (Å²) in [7, 11) is 0. The zero-order chi connectivity index (χ0) is 22.1. The molecule has 0 bridgehead atoms. The molecule has 1 unspecified atom stereocenters. The number of rotatable bonds is 7. The lowest BCUT2D eigenvalue weighted by Crippen LogP contribution is -2.39. The molecule has 2 fully saturated rings. The number of hydrogen-bond donors (Lipinski definition) is 1. The van der Waals surface area contributed by atoms with E-state index in [9.17, 15) is 4.79 Å². The van der Waals surface area contributed by atoms with Crippen LogP contribution in [0.5, 0.6) is 0 Å². The Hall–Kier alpha value is -2.54. The molecule has 0 amide bonds. The number of nitrogens with one attached hydrogen (secondary N) is 1. The molecule has 1 N–H and O–H groups in total. The molecule has 7 heteroatoms. The molecule has 3 aromatic rings. The van der Waals surface area contributed by atoms with Gasteiger partial charge in [0.15, 0.2) is 5.82 Å². The highest BCUT2D eigenvalue weighted by Gasteiger charge is 2.34. The van der Waals surface area contributed by atoms with E-state index in [2.05, 4.69) is 56.1 Å². The average molecular weight is 435 g/mol. The number of tetrazole rings is 1. The molecule has 0 spiro atoms. The monoisotopic (exact) mass is 434 g/mol. The fourth-order valence-electron chi connectivity index (χ4n) is 5.81. The first kappa shape index (κ1) is 21.3. The van der Waals surface area contributed by atoms with Crippen LogP contribution in [0.25, 0.3) is 10.9 Å². The summed E-state index contributed by atoms with van der Waals surface area (Å²) in [4.78, 5) is 18.6. The van der Waals surface area contributed by atoms with Crippen LogP contribution in [0.15, 0.2) is 29.1 Å². The summed E-state index contributed by atoms with van der Waals surface area (Å²) in [6.45, 7) is 4.93. The van der Waals surface area contributed by atoms with Crippen LogP contribution in [0.3, 0.4) is 0 Å². The van der Waals surface area contributed by atoms with Gasteiger partial charge in [-0.2, -0.15) is 0 Å². The van der Waals surface area contributed by atoms with Crippen LogP contribution in [-0.2, 0) is 6.54 Å². The van der Waals surface area contributed by atoms with E-state index in [1.165, 1.54) is 44.1 Å². The molecule has 0 saturated heterocycles. The van der Waals surface area contributed by atoms with Gasteiger partial charge in [0.25, 0.3) is 5.56 Å². The van der Waals surface area contributed by atoms with Crippen molar-refractivity contribution in [1.29, 1.82) is 0 Å². The molecule has 2 saturated carbocycles. The van der Waals surface area contributed by atoms with Crippen LogP contribution >= 0.6 is 0 Å². The molecule has 32 heavy (non-hydrogen) atoms. The van der Waals surface area contributed by atoms with Gasteiger partial charge in [-0.25, -0.2) is 4.68 Å². The maximum Gasteiger partial charge on any atom is 0.252 e. The summed E-state index contributed by atoms with van der Waals surface area (Å²) in [5.41, 5.74) is 2.93. The Bertz CT molecular complexity index is 1120. The highest BCUT2D eigenvalue weighted by atomic mass is 16.1. The normalized spacial score (nSPS) is 18.8. The maximum atomic E-state index is 13.0. The topological polar surface area (TPSA) is 79.7 Å². The van der Waals surface area contributed by atoms with Gasteiger partial charge in [0.05, 0.1) is 12.1 Å². The van der Waals surface area contributed by atoms with Crippen molar-refractivity contribution in [3.05, 3.63) is 51.6 Å². The van der Waals surface area contributed by atoms with Crippen LogP contribution in [0.4, 0.5) is 0 Å². The number of hydrogen-bond acceptors (Lipinski definition) is 5. The van der Waals surface area contributed by atoms with E-state index < -0.39 is 0 Å². The van der Waals surface area contributed by atoms with E-state index in [4.69, 9.17) is 0 Å². The van der Waals surface area contributed by atoms with Gasteiger partial charge in [0.2, 0.25) is 0 Å². The molecule has 0 radical (unpaired) electrons. The van der Waals surface area contributed by atoms with Crippen molar-refractivity contribution >= 4 is 10.9 Å². The third-order valence-corrected chi connectivity index (χ3v) is 7.50. The smallest absolute Gasteiger partial charge is 0.252 e. The zero-order valence-electron chi connectivity index (χ0n) is 19.3. The number of H-pyrrole nitrogens is 1. The molecule has 1 aromatic carbocycles. The molecule has 170 valence electrons. The number of aromatic amines is 1. The third-order valence-electron chi connectivity index (χ3n) is 7.50. The molecule has 7 nitrogen and oxygen atoms in total. The summed E-state index contributed by atoms with van der Waals surface area (Å²) in [6.07, 6.45) is 10.6. The van der Waals surface area contributed by atoms with E-state index in [-0.39, 0.29) is 11.6 Å². The molecular formula is C25H34N6O. The van der Waals surface area contributed by atoms with Gasteiger partial charge in [0, 0.05) is 23.7 Å². The fourth-order valence-corrected chi connectivity index (χ4v) is 5.81. The largest absolute Gasteiger partial charge is 0.322 e. The van der Waals surface area contributed by atoms with Gasteiger partial charge in [0.1, 0.15) is 0 Å². The molecular weight excluding hydrogens is 400 g/mol. The summed E-state index contributed by atoms with van der Waals surface area (Å²) < 4.78 is 2.09. The van der Waals surface area contributed by atoms with Crippen molar-refractivity contribution in [2.24, 2.45) is 0 Å². The highest BCUT2D eigenvalue weighted by molar-refractivity contribution is 5.79. The second kappa shape index (κ2) is 9.14. The fraction of sp³-hybridized carbons (Fsp3) is 0.600. The molecule has 5 rings (SSSR count). The summed E-state index contributed by atoms with van der Waals surface area (Å²) >= 11 is 0. The van der Waals surface area contributed by atoms with Gasteiger partial charge in [-0.05, 0) is 73.0 Å². The van der Waals surface area contributed by atoms with Crippen molar-refractivity contribution in [1.82, 2.24) is 30.1 Å². The predicted octanol–water partition coefficient (Wildman–Crippen LogP) is 4.83. The minimum atomic E-state index is 0.00888.